The Hall–Kier alpha value is -1.70. The fraction of sp³-hybridized carbons (Fsp3) is 0.0909. The summed E-state index contributed by atoms with van der Waals surface area (Å²) in [6, 6.07) is 6.75. The summed E-state index contributed by atoms with van der Waals surface area (Å²) in [7, 11) is 0. The van der Waals surface area contributed by atoms with Crippen LogP contribution < -0.4 is 0 Å². The third kappa shape index (κ3) is 2.12. The molecular weight excluding hydrogens is 164 g/mol. The first-order chi connectivity index (χ1) is 6.29. The summed E-state index contributed by atoms with van der Waals surface area (Å²) in [5.41, 5.74) is 0.890. The topological polar surface area (TPSA) is 34.1 Å². The minimum absolute atomic E-state index is 0.134. The third-order valence-corrected chi connectivity index (χ3v) is 1.67. The number of carbonyl (C=O) groups is 2. The minimum atomic E-state index is -0.134. The van der Waals surface area contributed by atoms with Gasteiger partial charge in [-0.05, 0) is 13.0 Å². The summed E-state index contributed by atoms with van der Waals surface area (Å²) in [5, 5.41) is 0. The lowest BCUT2D eigenvalue weighted by atomic mass is 10.0. The first-order valence-electron chi connectivity index (χ1n) is 4.01. The molecule has 0 aliphatic carbocycles. The van der Waals surface area contributed by atoms with Crippen molar-refractivity contribution < 1.29 is 9.59 Å². The fourth-order valence-corrected chi connectivity index (χ4v) is 1.07. The van der Waals surface area contributed by atoms with Gasteiger partial charge in [0.1, 0.15) is 0 Å². The van der Waals surface area contributed by atoms with Crippen molar-refractivity contribution in [2.24, 2.45) is 0 Å². The highest BCUT2D eigenvalue weighted by Crippen LogP contribution is 2.07. The molecule has 2 heteroatoms. The van der Waals surface area contributed by atoms with E-state index >= 15 is 0 Å². The molecule has 2 nitrogen and oxygen atoms in total. The summed E-state index contributed by atoms with van der Waals surface area (Å²) in [4.78, 5) is 21.9. The Balaban J connectivity index is 3.12. The van der Waals surface area contributed by atoms with Crippen LogP contribution in [0, 0.1) is 0 Å². The van der Waals surface area contributed by atoms with Gasteiger partial charge >= 0.3 is 0 Å². The quantitative estimate of drug-likeness (QED) is 0.400. The molecule has 1 rings (SSSR count). The van der Waals surface area contributed by atoms with Gasteiger partial charge in [-0.2, -0.15) is 0 Å². The molecule has 0 radical (unpaired) electrons. The van der Waals surface area contributed by atoms with E-state index in [1.54, 1.807) is 37.3 Å². The van der Waals surface area contributed by atoms with Gasteiger partial charge in [-0.3, -0.25) is 9.59 Å². The number of hydrogen-bond donors (Lipinski definition) is 0. The van der Waals surface area contributed by atoms with E-state index in [0.717, 1.165) is 0 Å². The van der Waals surface area contributed by atoms with Gasteiger partial charge in [-0.1, -0.05) is 30.3 Å². The Labute approximate surface area is 76.9 Å². The van der Waals surface area contributed by atoms with Crippen LogP contribution in [0.3, 0.4) is 0 Å². The fourth-order valence-electron chi connectivity index (χ4n) is 1.07. The average molecular weight is 174 g/mol. The Morgan fingerprint density at radius 2 is 2.00 bits per heavy atom. The monoisotopic (exact) mass is 174 g/mol. The third-order valence-electron chi connectivity index (χ3n) is 1.67. The van der Waals surface area contributed by atoms with E-state index in [9.17, 15) is 9.59 Å². The zero-order valence-electron chi connectivity index (χ0n) is 7.36. The van der Waals surface area contributed by atoms with Gasteiger partial charge in [0.2, 0.25) is 0 Å². The zero-order chi connectivity index (χ0) is 9.68. The van der Waals surface area contributed by atoms with Crippen molar-refractivity contribution in [1.29, 1.82) is 0 Å². The van der Waals surface area contributed by atoms with Crippen LogP contribution in [0.25, 0.3) is 0 Å². The van der Waals surface area contributed by atoms with Crippen LogP contribution in [-0.2, 0) is 0 Å². The molecule has 0 aliphatic heterocycles. The predicted molar refractivity (Wildman–Crippen MR) is 51.0 cm³/mol. The van der Waals surface area contributed by atoms with Crippen LogP contribution in [0.1, 0.15) is 27.6 Å². The second kappa shape index (κ2) is 4.36. The molecule has 0 N–H and O–H groups in total. The van der Waals surface area contributed by atoms with Crippen molar-refractivity contribution in [3.05, 3.63) is 47.5 Å². The van der Waals surface area contributed by atoms with Gasteiger partial charge in [-0.15, -0.1) is 0 Å². The number of allylic oxidation sites excluding steroid dienone is 2. The first-order valence-corrected chi connectivity index (χ1v) is 4.01. The van der Waals surface area contributed by atoms with Crippen molar-refractivity contribution in [3.63, 3.8) is 0 Å². The molecule has 13 heavy (non-hydrogen) atoms. The Kier molecular flexibility index (Phi) is 3.15. The van der Waals surface area contributed by atoms with Gasteiger partial charge in [0.05, 0.1) is 0 Å². The lowest BCUT2D eigenvalue weighted by Crippen LogP contribution is -1.99. The highest BCUT2D eigenvalue weighted by Gasteiger charge is 2.05. The van der Waals surface area contributed by atoms with E-state index < -0.39 is 0 Å². The highest BCUT2D eigenvalue weighted by molar-refractivity contribution is 6.09. The zero-order valence-corrected chi connectivity index (χ0v) is 7.36. The number of carbonyl (C=O) groups excluding carboxylic acids is 2. The first kappa shape index (κ1) is 9.39. The molecule has 0 saturated heterocycles. The van der Waals surface area contributed by atoms with E-state index in [4.69, 9.17) is 0 Å². The maximum atomic E-state index is 11.4. The summed E-state index contributed by atoms with van der Waals surface area (Å²) in [6.07, 6.45) is 3.79. The second-order valence-corrected chi connectivity index (χ2v) is 2.57. The smallest absolute Gasteiger partial charge is 0.186 e. The number of rotatable bonds is 3. The standard InChI is InChI=1S/C11H10O2/c1-2-5-11(13)10-7-4-3-6-9(10)8-12/h2-8H,1H3. The Morgan fingerprint density at radius 3 is 2.62 bits per heavy atom. The minimum Gasteiger partial charge on any atom is -0.298 e. The predicted octanol–water partition coefficient (Wildman–Crippen LogP) is 2.26. The molecule has 0 atom stereocenters. The second-order valence-electron chi connectivity index (χ2n) is 2.57. The average Bonchev–Trinajstić information content (AvgIpc) is 2.18. The molecule has 0 aliphatic rings. The van der Waals surface area contributed by atoms with Crippen molar-refractivity contribution in [2.75, 3.05) is 0 Å². The molecule has 0 aromatic heterocycles. The molecule has 66 valence electrons. The van der Waals surface area contributed by atoms with Gasteiger partial charge in [0.15, 0.2) is 12.1 Å². The molecule has 1 aromatic rings. The summed E-state index contributed by atoms with van der Waals surface area (Å²) >= 11 is 0. The number of ketones is 1. The maximum absolute atomic E-state index is 11.4. The number of aldehydes is 1. The van der Waals surface area contributed by atoms with Crippen molar-refractivity contribution in [1.82, 2.24) is 0 Å². The van der Waals surface area contributed by atoms with Gasteiger partial charge in [-0.25, -0.2) is 0 Å². The summed E-state index contributed by atoms with van der Waals surface area (Å²) in [5.74, 6) is -0.134. The molecule has 0 bridgehead atoms. The van der Waals surface area contributed by atoms with Crippen molar-refractivity contribution in [3.8, 4) is 0 Å². The van der Waals surface area contributed by atoms with Crippen molar-refractivity contribution >= 4 is 12.1 Å². The summed E-state index contributed by atoms with van der Waals surface area (Å²) in [6.45, 7) is 1.77. The lowest BCUT2D eigenvalue weighted by molar-refractivity contribution is 0.103. The molecule has 0 saturated carbocycles. The Morgan fingerprint density at radius 1 is 1.31 bits per heavy atom. The van der Waals surface area contributed by atoms with Crippen LogP contribution in [-0.4, -0.2) is 12.1 Å². The normalized spacial score (nSPS) is 10.2. The molecule has 0 unspecified atom stereocenters. The Bertz CT molecular complexity index is 351. The lowest BCUT2D eigenvalue weighted by Gasteiger charge is -1.98. The maximum Gasteiger partial charge on any atom is 0.186 e. The van der Waals surface area contributed by atoms with Crippen LogP contribution in [0.15, 0.2) is 36.4 Å². The molecule has 0 fully saturated rings. The molecule has 0 spiro atoms. The van der Waals surface area contributed by atoms with E-state index in [0.29, 0.717) is 17.4 Å². The number of benzene rings is 1. The number of hydrogen-bond acceptors (Lipinski definition) is 2. The molecule has 0 heterocycles. The van der Waals surface area contributed by atoms with Crippen LogP contribution >= 0.6 is 0 Å². The van der Waals surface area contributed by atoms with E-state index in [1.807, 2.05) is 0 Å². The van der Waals surface area contributed by atoms with Crippen LogP contribution in [0.4, 0.5) is 0 Å². The van der Waals surface area contributed by atoms with E-state index in [2.05, 4.69) is 0 Å². The van der Waals surface area contributed by atoms with Crippen LogP contribution in [0.5, 0.6) is 0 Å². The van der Waals surface area contributed by atoms with Gasteiger partial charge in [0, 0.05) is 11.1 Å². The molecule has 1 aromatic carbocycles. The van der Waals surface area contributed by atoms with Gasteiger partial charge < -0.3 is 0 Å². The molecular formula is C11H10O2. The van der Waals surface area contributed by atoms with Gasteiger partial charge in [0.25, 0.3) is 0 Å². The largest absolute Gasteiger partial charge is 0.298 e. The SMILES string of the molecule is CC=CC(=O)c1ccccc1C=O. The molecule has 0 amide bonds. The van der Waals surface area contributed by atoms with E-state index in [-0.39, 0.29) is 5.78 Å². The van der Waals surface area contributed by atoms with Crippen molar-refractivity contribution in [2.45, 2.75) is 6.92 Å². The highest BCUT2D eigenvalue weighted by atomic mass is 16.1. The van der Waals surface area contributed by atoms with Crippen LogP contribution in [0.2, 0.25) is 0 Å². The van der Waals surface area contributed by atoms with E-state index in [1.165, 1.54) is 6.08 Å². The summed E-state index contributed by atoms with van der Waals surface area (Å²) < 4.78 is 0.